The number of hydrogen-bond acceptors (Lipinski definition) is 11. The molecule has 0 radical (unpaired) electrons. The van der Waals surface area contributed by atoms with E-state index < -0.39 is 5.95 Å². The van der Waals surface area contributed by atoms with Crippen molar-refractivity contribution < 1.29 is 13.9 Å². The quantitative estimate of drug-likeness (QED) is 0.265. The molecule has 0 saturated carbocycles. The van der Waals surface area contributed by atoms with Crippen LogP contribution < -0.4 is 24.6 Å². The number of nitrogens with one attached hydrogen (secondary N) is 2. The van der Waals surface area contributed by atoms with Crippen LogP contribution in [-0.2, 0) is 6.54 Å². The summed E-state index contributed by atoms with van der Waals surface area (Å²) in [6.45, 7) is 3.08. The monoisotopic (exact) mass is 562 g/mol. The van der Waals surface area contributed by atoms with Crippen molar-refractivity contribution in [2.75, 3.05) is 48.4 Å². The molecule has 1 fully saturated rings. The zero-order valence-electron chi connectivity index (χ0n) is 21.4. The van der Waals surface area contributed by atoms with E-state index in [4.69, 9.17) is 26.1 Å². The van der Waals surface area contributed by atoms with Gasteiger partial charge in [0, 0.05) is 50.7 Å². The fraction of sp³-hybridized carbons (Fsp3) is 0.231. The lowest BCUT2D eigenvalue weighted by Crippen LogP contribution is -2.47. The van der Waals surface area contributed by atoms with Crippen molar-refractivity contribution in [3.63, 3.8) is 0 Å². The highest BCUT2D eigenvalue weighted by Crippen LogP contribution is 2.33. The van der Waals surface area contributed by atoms with Crippen LogP contribution in [0.2, 0.25) is 5.02 Å². The summed E-state index contributed by atoms with van der Waals surface area (Å²) in [7, 11) is 1.57. The second kappa shape index (κ2) is 11.1. The average molecular weight is 563 g/mol. The lowest BCUT2D eigenvalue weighted by Gasteiger charge is -2.35. The Hall–Kier alpha value is -4.78. The van der Waals surface area contributed by atoms with Gasteiger partial charge in [0.25, 0.3) is 0 Å². The summed E-state index contributed by atoms with van der Waals surface area (Å²) in [6.07, 6.45) is 5.09. The third-order valence-electron chi connectivity index (χ3n) is 6.28. The average Bonchev–Trinajstić information content (AvgIpc) is 3.39. The molecular weight excluding hydrogens is 539 g/mol. The van der Waals surface area contributed by atoms with Crippen molar-refractivity contribution in [2.24, 2.45) is 0 Å². The normalized spacial score (nSPS) is 13.5. The Kier molecular flexibility index (Phi) is 7.10. The Morgan fingerprint density at radius 1 is 1.00 bits per heavy atom. The molecule has 6 rings (SSSR count). The molecule has 14 heteroatoms. The van der Waals surface area contributed by atoms with Gasteiger partial charge in [-0.05, 0) is 24.3 Å². The molecular formula is C26H24ClFN10O2. The minimum absolute atomic E-state index is 0.289. The molecule has 1 aromatic carbocycles. The first-order valence-corrected chi connectivity index (χ1v) is 12.8. The number of nitrogens with zero attached hydrogens (tertiary/aromatic N) is 8. The Morgan fingerprint density at radius 3 is 2.62 bits per heavy atom. The molecule has 0 aliphatic carbocycles. The Morgan fingerprint density at radius 2 is 1.85 bits per heavy atom. The predicted octanol–water partition coefficient (Wildman–Crippen LogP) is 4.07. The number of imidazole rings is 1. The van der Waals surface area contributed by atoms with Crippen LogP contribution in [-0.4, -0.2) is 68.2 Å². The molecule has 204 valence electrons. The van der Waals surface area contributed by atoms with E-state index in [1.165, 1.54) is 6.07 Å². The van der Waals surface area contributed by atoms with Crippen LogP contribution in [0, 0.1) is 5.95 Å². The Labute approximate surface area is 233 Å². The summed E-state index contributed by atoms with van der Waals surface area (Å²) in [5, 5.41) is 3.64. The summed E-state index contributed by atoms with van der Waals surface area (Å²) in [5.41, 5.74) is 0.944. The number of aromatic nitrogens is 7. The van der Waals surface area contributed by atoms with Crippen molar-refractivity contribution >= 4 is 40.3 Å². The number of H-pyrrole nitrogens is 1. The topological polar surface area (TPSA) is 130 Å². The molecule has 1 aliphatic rings. The smallest absolute Gasteiger partial charge is 0.230 e. The minimum atomic E-state index is -0.586. The van der Waals surface area contributed by atoms with Gasteiger partial charge in [-0.2, -0.15) is 19.3 Å². The van der Waals surface area contributed by atoms with E-state index in [1.807, 2.05) is 0 Å². The van der Waals surface area contributed by atoms with Crippen LogP contribution in [0.5, 0.6) is 17.4 Å². The molecule has 4 aromatic heterocycles. The van der Waals surface area contributed by atoms with Gasteiger partial charge in [0.2, 0.25) is 17.8 Å². The van der Waals surface area contributed by atoms with Crippen LogP contribution in [0.25, 0.3) is 11.2 Å². The van der Waals surface area contributed by atoms with Gasteiger partial charge in [0.1, 0.15) is 29.0 Å². The van der Waals surface area contributed by atoms with Crippen LogP contribution in [0.15, 0.2) is 55.0 Å². The highest BCUT2D eigenvalue weighted by atomic mass is 35.5. The van der Waals surface area contributed by atoms with Gasteiger partial charge in [-0.25, -0.2) is 9.97 Å². The number of halogens is 2. The number of ether oxygens (including phenoxy) is 2. The van der Waals surface area contributed by atoms with Crippen LogP contribution in [0.3, 0.4) is 0 Å². The number of hydrogen-bond donors (Lipinski definition) is 2. The maximum atomic E-state index is 13.5. The van der Waals surface area contributed by atoms with E-state index in [0.717, 1.165) is 18.9 Å². The Balaban J connectivity index is 1.24. The molecule has 0 spiro atoms. The molecule has 1 aliphatic heterocycles. The summed E-state index contributed by atoms with van der Waals surface area (Å²) >= 11 is 6.42. The number of rotatable bonds is 8. The van der Waals surface area contributed by atoms with Crippen molar-refractivity contribution in [1.82, 2.24) is 34.9 Å². The highest BCUT2D eigenvalue weighted by Gasteiger charge is 2.22. The van der Waals surface area contributed by atoms with Gasteiger partial charge in [-0.3, -0.25) is 4.98 Å². The third-order valence-corrected chi connectivity index (χ3v) is 6.57. The van der Waals surface area contributed by atoms with Gasteiger partial charge in [0.05, 0.1) is 30.4 Å². The van der Waals surface area contributed by atoms with Gasteiger partial charge >= 0.3 is 0 Å². The maximum Gasteiger partial charge on any atom is 0.230 e. The van der Waals surface area contributed by atoms with Crippen LogP contribution in [0.1, 0.15) is 5.82 Å². The van der Waals surface area contributed by atoms with E-state index in [9.17, 15) is 4.39 Å². The van der Waals surface area contributed by atoms with Crippen LogP contribution in [0.4, 0.5) is 22.0 Å². The van der Waals surface area contributed by atoms with Crippen molar-refractivity contribution in [3.8, 4) is 17.4 Å². The lowest BCUT2D eigenvalue weighted by atomic mass is 10.3. The summed E-state index contributed by atoms with van der Waals surface area (Å²) < 4.78 is 24.8. The second-order valence-corrected chi connectivity index (χ2v) is 9.28. The van der Waals surface area contributed by atoms with Crippen LogP contribution >= 0.6 is 11.6 Å². The second-order valence-electron chi connectivity index (χ2n) is 8.87. The van der Waals surface area contributed by atoms with E-state index in [-0.39, 0.29) is 6.54 Å². The standard InChI is InChI=1S/C26H24ClFN10O2/c1-39-16-2-4-19(17(27)12-16)40-24-13-21(31-14-22-32-18-3-5-20(28)33-25(18)34-22)35-26(36-24)38-10-8-37(9-11-38)23-15-29-6-7-30-23/h2-7,12-13,15H,8-11,14H2,1H3,(H,31,35,36)(H,32,33,34). The number of piperazine rings is 1. The van der Waals surface area contributed by atoms with Gasteiger partial charge in [0.15, 0.2) is 5.65 Å². The fourth-order valence-corrected chi connectivity index (χ4v) is 4.48. The number of methoxy groups -OCH3 is 1. The molecule has 5 aromatic rings. The SMILES string of the molecule is COc1ccc(Oc2cc(NCc3nc4nc(F)ccc4[nH]3)nc(N3CCN(c4cnccn4)CC3)n2)c(Cl)c1. The van der Waals surface area contributed by atoms with Crippen molar-refractivity contribution in [1.29, 1.82) is 0 Å². The molecule has 40 heavy (non-hydrogen) atoms. The third kappa shape index (κ3) is 5.64. The summed E-state index contributed by atoms with van der Waals surface area (Å²) in [6, 6.07) is 9.71. The predicted molar refractivity (Wildman–Crippen MR) is 148 cm³/mol. The van der Waals surface area contributed by atoms with E-state index in [1.54, 1.807) is 56.0 Å². The lowest BCUT2D eigenvalue weighted by molar-refractivity contribution is 0.412. The highest BCUT2D eigenvalue weighted by molar-refractivity contribution is 6.32. The number of aromatic amines is 1. The molecule has 0 unspecified atom stereocenters. The number of anilines is 3. The number of benzene rings is 1. The maximum absolute atomic E-state index is 13.5. The molecule has 12 nitrogen and oxygen atoms in total. The number of fused-ring (bicyclic) bond motifs is 1. The summed E-state index contributed by atoms with van der Waals surface area (Å²) in [5.74, 6) is 3.18. The van der Waals surface area contributed by atoms with E-state index in [0.29, 0.717) is 64.2 Å². The van der Waals surface area contributed by atoms with Crippen molar-refractivity contribution in [2.45, 2.75) is 6.54 Å². The molecule has 5 heterocycles. The van der Waals surface area contributed by atoms with Gasteiger partial charge in [-0.15, -0.1) is 0 Å². The first kappa shape index (κ1) is 25.5. The van der Waals surface area contributed by atoms with Crippen molar-refractivity contribution in [3.05, 3.63) is 71.8 Å². The summed E-state index contributed by atoms with van der Waals surface area (Å²) in [4.78, 5) is 33.5. The zero-order valence-corrected chi connectivity index (χ0v) is 22.1. The molecule has 2 N–H and O–H groups in total. The Bertz CT molecular complexity index is 1630. The molecule has 0 amide bonds. The fourth-order valence-electron chi connectivity index (χ4n) is 4.27. The first-order valence-electron chi connectivity index (χ1n) is 12.5. The zero-order chi connectivity index (χ0) is 27.5. The minimum Gasteiger partial charge on any atom is -0.497 e. The van der Waals surface area contributed by atoms with Gasteiger partial charge in [-0.1, -0.05) is 11.6 Å². The first-order chi connectivity index (χ1) is 19.5. The van der Waals surface area contributed by atoms with Gasteiger partial charge < -0.3 is 29.6 Å². The van der Waals surface area contributed by atoms with E-state index in [2.05, 4.69) is 45.0 Å². The molecule has 0 bridgehead atoms. The molecule has 0 atom stereocenters. The largest absolute Gasteiger partial charge is 0.497 e. The van der Waals surface area contributed by atoms with E-state index >= 15 is 0 Å². The number of pyridine rings is 1. The molecule has 1 saturated heterocycles.